The molecule has 6 heteroatoms. The third-order valence-electron chi connectivity index (χ3n) is 3.80. The molecule has 0 unspecified atom stereocenters. The van der Waals surface area contributed by atoms with Gasteiger partial charge in [-0.05, 0) is 17.1 Å². The number of nitro groups is 1. The standard InChI is InChI=1S/C17H22N2O4/c1-11(2)15-13(17(3,4)5)10-18(23-15)16(20)12-8-6-7-9-14(12)19(21)22/h6-9,11H,10H2,1-5H3. The van der Waals surface area contributed by atoms with Gasteiger partial charge in [0.15, 0.2) is 0 Å². The highest BCUT2D eigenvalue weighted by atomic mass is 16.7. The summed E-state index contributed by atoms with van der Waals surface area (Å²) in [5.41, 5.74) is 0.726. The summed E-state index contributed by atoms with van der Waals surface area (Å²) in [5, 5.41) is 12.3. The second-order valence-electron chi connectivity index (χ2n) is 6.95. The van der Waals surface area contributed by atoms with E-state index < -0.39 is 10.8 Å². The van der Waals surface area contributed by atoms with Crippen molar-refractivity contribution in [1.82, 2.24) is 5.06 Å². The lowest BCUT2D eigenvalue weighted by atomic mass is 9.84. The van der Waals surface area contributed by atoms with E-state index in [-0.39, 0.29) is 22.6 Å². The third-order valence-corrected chi connectivity index (χ3v) is 3.80. The van der Waals surface area contributed by atoms with Gasteiger partial charge in [-0.3, -0.25) is 14.9 Å². The molecule has 1 amide bonds. The molecule has 1 aliphatic rings. The predicted molar refractivity (Wildman–Crippen MR) is 86.5 cm³/mol. The number of hydrogen-bond acceptors (Lipinski definition) is 4. The molecular formula is C17H22N2O4. The number of para-hydroxylation sites is 1. The van der Waals surface area contributed by atoms with Gasteiger partial charge in [0.25, 0.3) is 11.6 Å². The van der Waals surface area contributed by atoms with Crippen LogP contribution in [0.4, 0.5) is 5.69 Å². The maximum atomic E-state index is 12.7. The van der Waals surface area contributed by atoms with Crippen LogP contribution in [0.3, 0.4) is 0 Å². The molecule has 0 aliphatic carbocycles. The molecule has 0 saturated carbocycles. The molecule has 0 atom stereocenters. The van der Waals surface area contributed by atoms with Crippen LogP contribution in [0.15, 0.2) is 35.6 Å². The number of carbonyl (C=O) groups excluding carboxylic acids is 1. The van der Waals surface area contributed by atoms with Crippen molar-refractivity contribution in [3.63, 3.8) is 0 Å². The van der Waals surface area contributed by atoms with Gasteiger partial charge in [-0.2, -0.15) is 5.06 Å². The molecule has 0 spiro atoms. The van der Waals surface area contributed by atoms with Crippen molar-refractivity contribution >= 4 is 11.6 Å². The zero-order chi connectivity index (χ0) is 17.4. The van der Waals surface area contributed by atoms with Crippen LogP contribution in [0.5, 0.6) is 0 Å². The number of carbonyl (C=O) groups is 1. The summed E-state index contributed by atoms with van der Waals surface area (Å²) >= 11 is 0. The summed E-state index contributed by atoms with van der Waals surface area (Å²) in [5.74, 6) is 0.409. The van der Waals surface area contributed by atoms with E-state index in [1.54, 1.807) is 6.07 Å². The summed E-state index contributed by atoms with van der Waals surface area (Å²) in [4.78, 5) is 29.0. The largest absolute Gasteiger partial charge is 0.380 e. The Kier molecular flexibility index (Phi) is 4.45. The van der Waals surface area contributed by atoms with Crippen LogP contribution in [0.25, 0.3) is 0 Å². The SMILES string of the molecule is CC(C)C1=C(C(C)(C)C)CN(C(=O)c2ccccc2[N+](=O)[O-])O1. The van der Waals surface area contributed by atoms with Gasteiger partial charge in [0.2, 0.25) is 0 Å². The number of nitrogens with zero attached hydrogens (tertiary/aromatic N) is 2. The molecule has 0 bridgehead atoms. The van der Waals surface area contributed by atoms with Gasteiger partial charge in [0, 0.05) is 12.0 Å². The average Bonchev–Trinajstić information content (AvgIpc) is 2.92. The van der Waals surface area contributed by atoms with E-state index in [0.717, 1.165) is 11.3 Å². The second kappa shape index (κ2) is 6.02. The molecular weight excluding hydrogens is 296 g/mol. The van der Waals surface area contributed by atoms with Crippen molar-refractivity contribution in [2.75, 3.05) is 6.54 Å². The molecule has 0 fully saturated rings. The molecule has 1 aliphatic heterocycles. The van der Waals surface area contributed by atoms with Gasteiger partial charge < -0.3 is 4.84 Å². The van der Waals surface area contributed by atoms with E-state index >= 15 is 0 Å². The molecule has 1 aromatic carbocycles. The van der Waals surface area contributed by atoms with Crippen LogP contribution in [-0.4, -0.2) is 22.4 Å². The summed E-state index contributed by atoms with van der Waals surface area (Å²) in [6.07, 6.45) is 0. The number of amides is 1. The van der Waals surface area contributed by atoms with E-state index in [2.05, 4.69) is 20.8 Å². The average molecular weight is 318 g/mol. The summed E-state index contributed by atoms with van der Waals surface area (Å²) < 4.78 is 0. The first kappa shape index (κ1) is 17.0. The molecule has 0 radical (unpaired) electrons. The Bertz CT molecular complexity index is 671. The predicted octanol–water partition coefficient (Wildman–Crippen LogP) is 3.94. The van der Waals surface area contributed by atoms with Crippen LogP contribution in [0.2, 0.25) is 0 Å². The lowest BCUT2D eigenvalue weighted by Gasteiger charge is -2.20. The summed E-state index contributed by atoms with van der Waals surface area (Å²) in [6.45, 7) is 10.5. The van der Waals surface area contributed by atoms with Crippen molar-refractivity contribution in [1.29, 1.82) is 0 Å². The van der Waals surface area contributed by atoms with Crippen LogP contribution < -0.4 is 0 Å². The fourth-order valence-corrected chi connectivity index (χ4v) is 2.55. The Labute approximate surface area is 135 Å². The van der Waals surface area contributed by atoms with Crippen LogP contribution in [0.1, 0.15) is 45.0 Å². The normalized spacial score (nSPS) is 15.1. The molecule has 2 rings (SSSR count). The molecule has 1 heterocycles. The Morgan fingerprint density at radius 1 is 1.30 bits per heavy atom. The topological polar surface area (TPSA) is 72.7 Å². The molecule has 6 nitrogen and oxygen atoms in total. The Morgan fingerprint density at radius 2 is 1.91 bits per heavy atom. The quantitative estimate of drug-likeness (QED) is 0.625. The minimum absolute atomic E-state index is 0.0377. The van der Waals surface area contributed by atoms with E-state index in [1.165, 1.54) is 23.3 Å². The number of hydroxylamine groups is 2. The Balaban J connectivity index is 2.33. The maximum Gasteiger partial charge on any atom is 0.293 e. The minimum atomic E-state index is -0.551. The summed E-state index contributed by atoms with van der Waals surface area (Å²) in [7, 11) is 0. The maximum absolute atomic E-state index is 12.7. The molecule has 23 heavy (non-hydrogen) atoms. The van der Waals surface area contributed by atoms with Crippen molar-refractivity contribution in [3.8, 4) is 0 Å². The van der Waals surface area contributed by atoms with Gasteiger partial charge in [0.1, 0.15) is 11.3 Å². The fraction of sp³-hybridized carbons (Fsp3) is 0.471. The number of allylic oxidation sites excluding steroid dienone is 1. The molecule has 1 aromatic rings. The van der Waals surface area contributed by atoms with E-state index in [0.29, 0.717) is 6.54 Å². The van der Waals surface area contributed by atoms with Crippen LogP contribution >= 0.6 is 0 Å². The first-order valence-corrected chi connectivity index (χ1v) is 7.59. The van der Waals surface area contributed by atoms with E-state index in [9.17, 15) is 14.9 Å². The van der Waals surface area contributed by atoms with Gasteiger partial charge in [-0.25, -0.2) is 0 Å². The lowest BCUT2D eigenvalue weighted by Crippen LogP contribution is -2.30. The molecule has 0 saturated heterocycles. The molecule has 0 N–H and O–H groups in total. The Morgan fingerprint density at radius 3 is 2.39 bits per heavy atom. The van der Waals surface area contributed by atoms with Gasteiger partial charge >= 0.3 is 0 Å². The van der Waals surface area contributed by atoms with Crippen LogP contribution in [0, 0.1) is 21.4 Å². The summed E-state index contributed by atoms with van der Waals surface area (Å²) in [6, 6.07) is 5.93. The van der Waals surface area contributed by atoms with E-state index in [1.807, 2.05) is 13.8 Å². The number of benzene rings is 1. The highest BCUT2D eigenvalue weighted by molar-refractivity contribution is 5.97. The number of nitro benzene ring substituents is 1. The Hall–Kier alpha value is -2.37. The lowest BCUT2D eigenvalue weighted by molar-refractivity contribution is -0.385. The van der Waals surface area contributed by atoms with Crippen molar-refractivity contribution < 1.29 is 14.6 Å². The van der Waals surface area contributed by atoms with Crippen molar-refractivity contribution in [3.05, 3.63) is 51.3 Å². The number of rotatable bonds is 3. The van der Waals surface area contributed by atoms with Gasteiger partial charge in [0.05, 0.1) is 11.5 Å². The third kappa shape index (κ3) is 3.36. The zero-order valence-electron chi connectivity index (χ0n) is 14.1. The number of hydrogen-bond donors (Lipinski definition) is 0. The van der Waals surface area contributed by atoms with Crippen molar-refractivity contribution in [2.24, 2.45) is 11.3 Å². The molecule has 124 valence electrons. The van der Waals surface area contributed by atoms with Gasteiger partial charge in [-0.15, -0.1) is 0 Å². The smallest absolute Gasteiger partial charge is 0.293 e. The fourth-order valence-electron chi connectivity index (χ4n) is 2.55. The van der Waals surface area contributed by atoms with E-state index in [4.69, 9.17) is 4.84 Å². The first-order valence-electron chi connectivity index (χ1n) is 7.59. The highest BCUT2D eigenvalue weighted by Crippen LogP contribution is 2.38. The zero-order valence-corrected chi connectivity index (χ0v) is 14.1. The highest BCUT2D eigenvalue weighted by Gasteiger charge is 2.37. The monoisotopic (exact) mass is 318 g/mol. The second-order valence-corrected chi connectivity index (χ2v) is 6.95. The molecule has 0 aromatic heterocycles. The first-order chi connectivity index (χ1) is 10.6. The van der Waals surface area contributed by atoms with Gasteiger partial charge in [-0.1, -0.05) is 46.8 Å². The minimum Gasteiger partial charge on any atom is -0.380 e. The van der Waals surface area contributed by atoms with Crippen molar-refractivity contribution in [2.45, 2.75) is 34.6 Å². The van der Waals surface area contributed by atoms with Crippen LogP contribution in [-0.2, 0) is 4.84 Å².